The number of carbonyl (C=O) groups excluding carboxylic acids is 2. The number of amides is 1. The molecule has 0 aromatic heterocycles. The molecule has 1 heterocycles. The molecule has 0 aliphatic carbocycles. The first-order chi connectivity index (χ1) is 11.5. The van der Waals surface area contributed by atoms with Crippen LogP contribution in [0.2, 0.25) is 0 Å². The maximum Gasteiger partial charge on any atom is 0.265 e. The van der Waals surface area contributed by atoms with Gasteiger partial charge in [0.15, 0.2) is 23.4 Å². The number of carbonyl (C=O) groups is 2. The van der Waals surface area contributed by atoms with Crippen LogP contribution in [0.4, 0.5) is 5.69 Å². The van der Waals surface area contributed by atoms with E-state index >= 15 is 0 Å². The van der Waals surface area contributed by atoms with Crippen molar-refractivity contribution < 1.29 is 23.8 Å². The van der Waals surface area contributed by atoms with E-state index in [0.29, 0.717) is 28.5 Å². The lowest BCUT2D eigenvalue weighted by Gasteiger charge is -2.15. The molecule has 1 aliphatic heterocycles. The van der Waals surface area contributed by atoms with Crippen molar-refractivity contribution in [2.45, 2.75) is 20.0 Å². The molecule has 6 nitrogen and oxygen atoms in total. The minimum absolute atomic E-state index is 0.0575. The van der Waals surface area contributed by atoms with Gasteiger partial charge in [0.2, 0.25) is 6.79 Å². The van der Waals surface area contributed by atoms with Gasteiger partial charge in [-0.2, -0.15) is 0 Å². The number of anilines is 1. The van der Waals surface area contributed by atoms with Crippen molar-refractivity contribution in [2.24, 2.45) is 0 Å². The molecule has 0 bridgehead atoms. The first-order valence-corrected chi connectivity index (χ1v) is 7.51. The van der Waals surface area contributed by atoms with E-state index in [1.807, 2.05) is 0 Å². The zero-order chi connectivity index (χ0) is 17.1. The molecule has 24 heavy (non-hydrogen) atoms. The first-order valence-electron chi connectivity index (χ1n) is 7.51. The number of hydrogen-bond donors (Lipinski definition) is 1. The Morgan fingerprint density at radius 1 is 1.12 bits per heavy atom. The SMILES string of the molecule is CC(=O)c1cccc(O[C@H](C)C(=O)Nc2ccc3c(c2)OCO3)c1. The number of rotatable bonds is 5. The largest absolute Gasteiger partial charge is 0.481 e. The van der Waals surface area contributed by atoms with Crippen LogP contribution in [-0.2, 0) is 4.79 Å². The van der Waals surface area contributed by atoms with E-state index in [2.05, 4.69) is 5.32 Å². The van der Waals surface area contributed by atoms with Crippen molar-refractivity contribution in [3.63, 3.8) is 0 Å². The highest BCUT2D eigenvalue weighted by atomic mass is 16.7. The highest BCUT2D eigenvalue weighted by Gasteiger charge is 2.18. The Morgan fingerprint density at radius 2 is 1.92 bits per heavy atom. The molecule has 6 heteroatoms. The zero-order valence-corrected chi connectivity index (χ0v) is 13.4. The average molecular weight is 327 g/mol. The maximum absolute atomic E-state index is 12.3. The molecule has 3 rings (SSSR count). The van der Waals surface area contributed by atoms with E-state index in [-0.39, 0.29) is 18.5 Å². The van der Waals surface area contributed by atoms with Gasteiger partial charge in [0.1, 0.15) is 5.75 Å². The molecule has 0 unspecified atom stereocenters. The summed E-state index contributed by atoms with van der Waals surface area (Å²) in [5.74, 6) is 1.35. The van der Waals surface area contributed by atoms with Gasteiger partial charge in [0.05, 0.1) is 0 Å². The molecule has 1 N–H and O–H groups in total. The van der Waals surface area contributed by atoms with Crippen LogP contribution in [0.3, 0.4) is 0 Å². The summed E-state index contributed by atoms with van der Waals surface area (Å²) in [5, 5.41) is 2.76. The summed E-state index contributed by atoms with van der Waals surface area (Å²) >= 11 is 0. The van der Waals surface area contributed by atoms with Crippen LogP contribution in [-0.4, -0.2) is 24.6 Å². The standard InChI is InChI=1S/C18H17NO5/c1-11(20)13-4-3-5-15(8-13)24-12(2)18(21)19-14-6-7-16-17(9-14)23-10-22-16/h3-9,12H,10H2,1-2H3,(H,19,21)/t12-/m1/s1. The molecule has 0 radical (unpaired) electrons. The summed E-state index contributed by atoms with van der Waals surface area (Å²) in [5.41, 5.74) is 1.13. The van der Waals surface area contributed by atoms with Crippen molar-refractivity contribution >= 4 is 17.4 Å². The van der Waals surface area contributed by atoms with Gasteiger partial charge >= 0.3 is 0 Å². The predicted molar refractivity (Wildman–Crippen MR) is 87.7 cm³/mol. The molecular weight excluding hydrogens is 310 g/mol. The van der Waals surface area contributed by atoms with Gasteiger partial charge in [-0.05, 0) is 38.1 Å². The van der Waals surface area contributed by atoms with E-state index in [0.717, 1.165) is 0 Å². The predicted octanol–water partition coefficient (Wildman–Crippen LogP) is 3.02. The van der Waals surface area contributed by atoms with Crippen molar-refractivity contribution in [2.75, 3.05) is 12.1 Å². The van der Waals surface area contributed by atoms with Crippen LogP contribution in [0.5, 0.6) is 17.2 Å². The highest BCUT2D eigenvalue weighted by Crippen LogP contribution is 2.34. The molecule has 0 saturated carbocycles. The van der Waals surface area contributed by atoms with Crippen molar-refractivity contribution in [3.8, 4) is 17.2 Å². The maximum atomic E-state index is 12.3. The minimum atomic E-state index is -0.724. The Hall–Kier alpha value is -3.02. The van der Waals surface area contributed by atoms with Crippen LogP contribution < -0.4 is 19.5 Å². The summed E-state index contributed by atoms with van der Waals surface area (Å²) in [6.45, 7) is 3.30. The zero-order valence-electron chi connectivity index (χ0n) is 13.4. The second kappa shape index (κ2) is 6.62. The van der Waals surface area contributed by atoms with Crippen molar-refractivity contribution in [1.82, 2.24) is 0 Å². The van der Waals surface area contributed by atoms with E-state index in [1.54, 1.807) is 49.4 Å². The molecule has 0 saturated heterocycles. The lowest BCUT2D eigenvalue weighted by molar-refractivity contribution is -0.122. The average Bonchev–Trinajstić information content (AvgIpc) is 3.02. The van der Waals surface area contributed by atoms with Gasteiger partial charge in [-0.25, -0.2) is 0 Å². The van der Waals surface area contributed by atoms with Crippen molar-refractivity contribution in [3.05, 3.63) is 48.0 Å². The van der Waals surface area contributed by atoms with Crippen LogP contribution >= 0.6 is 0 Å². The summed E-state index contributed by atoms with van der Waals surface area (Å²) in [6.07, 6.45) is -0.724. The fraction of sp³-hybridized carbons (Fsp3) is 0.222. The van der Waals surface area contributed by atoms with Gasteiger partial charge in [-0.3, -0.25) is 9.59 Å². The number of Topliss-reactive ketones (excluding diaryl/α,β-unsaturated/α-hetero) is 1. The van der Waals surface area contributed by atoms with Gasteiger partial charge < -0.3 is 19.5 Å². The van der Waals surface area contributed by atoms with Crippen LogP contribution in [0, 0.1) is 0 Å². The Labute approximate surface area is 139 Å². The Bertz CT molecular complexity index is 787. The molecule has 2 aromatic rings. The Balaban J connectivity index is 1.64. The second-order valence-corrected chi connectivity index (χ2v) is 5.40. The van der Waals surface area contributed by atoms with Crippen LogP contribution in [0.15, 0.2) is 42.5 Å². The molecular formula is C18H17NO5. The first kappa shape index (κ1) is 15.9. The topological polar surface area (TPSA) is 73.9 Å². The molecule has 1 atom stereocenters. The Kier molecular flexibility index (Phi) is 4.37. The molecule has 1 amide bonds. The molecule has 0 spiro atoms. The van der Waals surface area contributed by atoms with E-state index < -0.39 is 6.10 Å². The molecule has 124 valence electrons. The molecule has 1 aliphatic rings. The summed E-state index contributed by atoms with van der Waals surface area (Å²) in [6, 6.07) is 11.9. The monoisotopic (exact) mass is 327 g/mol. The van der Waals surface area contributed by atoms with Gasteiger partial charge in [0, 0.05) is 17.3 Å². The number of hydrogen-bond acceptors (Lipinski definition) is 5. The molecule has 2 aromatic carbocycles. The smallest absolute Gasteiger partial charge is 0.265 e. The molecule has 0 fully saturated rings. The number of benzene rings is 2. The Morgan fingerprint density at radius 3 is 2.71 bits per heavy atom. The third kappa shape index (κ3) is 3.48. The van der Waals surface area contributed by atoms with Gasteiger partial charge in [-0.15, -0.1) is 0 Å². The summed E-state index contributed by atoms with van der Waals surface area (Å²) in [7, 11) is 0. The number of ketones is 1. The quantitative estimate of drug-likeness (QED) is 0.855. The fourth-order valence-corrected chi connectivity index (χ4v) is 2.26. The van der Waals surface area contributed by atoms with E-state index in [9.17, 15) is 9.59 Å². The summed E-state index contributed by atoms with van der Waals surface area (Å²) in [4.78, 5) is 23.7. The fourth-order valence-electron chi connectivity index (χ4n) is 2.26. The van der Waals surface area contributed by atoms with Gasteiger partial charge in [-0.1, -0.05) is 12.1 Å². The lowest BCUT2D eigenvalue weighted by Crippen LogP contribution is -2.30. The second-order valence-electron chi connectivity index (χ2n) is 5.40. The normalized spacial score (nSPS) is 13.2. The lowest BCUT2D eigenvalue weighted by atomic mass is 10.1. The number of ether oxygens (including phenoxy) is 3. The van der Waals surface area contributed by atoms with Crippen LogP contribution in [0.25, 0.3) is 0 Å². The van der Waals surface area contributed by atoms with E-state index in [1.165, 1.54) is 6.92 Å². The number of nitrogens with one attached hydrogen (secondary N) is 1. The van der Waals surface area contributed by atoms with Crippen LogP contribution in [0.1, 0.15) is 24.2 Å². The summed E-state index contributed by atoms with van der Waals surface area (Å²) < 4.78 is 16.1. The van der Waals surface area contributed by atoms with Gasteiger partial charge in [0.25, 0.3) is 5.91 Å². The van der Waals surface area contributed by atoms with E-state index in [4.69, 9.17) is 14.2 Å². The minimum Gasteiger partial charge on any atom is -0.481 e. The number of fused-ring (bicyclic) bond motifs is 1. The highest BCUT2D eigenvalue weighted by molar-refractivity contribution is 5.95. The van der Waals surface area contributed by atoms with Crippen molar-refractivity contribution in [1.29, 1.82) is 0 Å². The third-order valence-electron chi connectivity index (χ3n) is 3.56. The third-order valence-corrected chi connectivity index (χ3v) is 3.56.